The summed E-state index contributed by atoms with van der Waals surface area (Å²) in [6.07, 6.45) is -3.86. The lowest BCUT2D eigenvalue weighted by atomic mass is 10.3. The van der Waals surface area contributed by atoms with E-state index in [9.17, 15) is 22.8 Å². The highest BCUT2D eigenvalue weighted by molar-refractivity contribution is 5.92. The third kappa shape index (κ3) is 4.75. The number of fused-ring (bicyclic) bond motifs is 1. The minimum absolute atomic E-state index is 0.0537. The first-order valence-corrected chi connectivity index (χ1v) is 7.62. The quantitative estimate of drug-likeness (QED) is 0.341. The smallest absolute Gasteiger partial charge is 0.449 e. The van der Waals surface area contributed by atoms with Gasteiger partial charge in [-0.3, -0.25) is 10.2 Å². The number of carbonyl (C=O) groups is 2. The van der Waals surface area contributed by atoms with E-state index < -0.39 is 36.0 Å². The number of hydrogen-bond donors (Lipinski definition) is 2. The van der Waals surface area contributed by atoms with Gasteiger partial charge in [-0.15, -0.1) is 0 Å². The summed E-state index contributed by atoms with van der Waals surface area (Å²) in [5.74, 6) is -2.96. The average molecular weight is 381 g/mol. The number of nitriles is 1. The Morgan fingerprint density at radius 1 is 1.37 bits per heavy atom. The van der Waals surface area contributed by atoms with E-state index in [1.54, 1.807) is 13.0 Å². The lowest BCUT2D eigenvalue weighted by Gasteiger charge is -2.11. The van der Waals surface area contributed by atoms with Crippen LogP contribution in [0.15, 0.2) is 36.0 Å². The summed E-state index contributed by atoms with van der Waals surface area (Å²) in [4.78, 5) is 26.9. The third-order valence-corrected chi connectivity index (χ3v) is 3.25. The number of halogens is 3. The van der Waals surface area contributed by atoms with Crippen LogP contribution in [0.25, 0.3) is 11.0 Å². The van der Waals surface area contributed by atoms with Crippen LogP contribution in [0.1, 0.15) is 12.7 Å². The zero-order valence-electron chi connectivity index (χ0n) is 14.0. The monoisotopic (exact) mass is 381 g/mol. The lowest BCUT2D eigenvalue weighted by Crippen LogP contribution is -2.37. The summed E-state index contributed by atoms with van der Waals surface area (Å²) >= 11 is 0. The molecule has 0 aliphatic heterocycles. The van der Waals surface area contributed by atoms with Crippen molar-refractivity contribution in [1.29, 1.82) is 5.26 Å². The Bertz CT molecular complexity index is 928. The summed E-state index contributed by atoms with van der Waals surface area (Å²) in [7, 11) is 0. The Labute approximate surface area is 151 Å². The highest BCUT2D eigenvalue weighted by atomic mass is 19.4. The fourth-order valence-electron chi connectivity index (χ4n) is 2.17. The summed E-state index contributed by atoms with van der Waals surface area (Å²) < 4.78 is 44.9. The van der Waals surface area contributed by atoms with Crippen molar-refractivity contribution in [3.63, 3.8) is 0 Å². The summed E-state index contributed by atoms with van der Waals surface area (Å²) in [6.45, 7) is 0.922. The van der Waals surface area contributed by atoms with Crippen LogP contribution in [-0.2, 0) is 27.0 Å². The predicted octanol–water partition coefficient (Wildman–Crippen LogP) is 1.65. The van der Waals surface area contributed by atoms with Gasteiger partial charge in [0.1, 0.15) is 12.6 Å². The van der Waals surface area contributed by atoms with E-state index in [4.69, 9.17) is 5.26 Å². The van der Waals surface area contributed by atoms with Gasteiger partial charge in [-0.2, -0.15) is 18.4 Å². The number of alkyl halides is 3. The van der Waals surface area contributed by atoms with Crippen molar-refractivity contribution in [2.24, 2.45) is 0 Å². The number of amides is 1. The molecule has 8 nitrogen and oxygen atoms in total. The Morgan fingerprint density at radius 3 is 2.70 bits per heavy atom. The van der Waals surface area contributed by atoms with Crippen molar-refractivity contribution in [1.82, 2.24) is 20.4 Å². The average Bonchev–Trinajstić information content (AvgIpc) is 2.98. The second-order valence-electron chi connectivity index (χ2n) is 5.09. The molecule has 0 saturated carbocycles. The first-order valence-electron chi connectivity index (χ1n) is 7.62. The summed E-state index contributed by atoms with van der Waals surface area (Å²) in [5.41, 5.74) is 4.10. The standard InChI is InChI=1S/C16H14F3N5O3/c1-2-27-14(26)10(7-20)8-21-23-13(25)9-24-12-6-4-3-5-11(12)22-15(24)16(17,18)19/h3-6,8,21H,2,9H2,1H3,(H,23,25)/b10-8+. The minimum Gasteiger partial charge on any atom is -0.462 e. The SMILES string of the molecule is CCOC(=O)/C(C#N)=C/NNC(=O)Cn1c(C(F)(F)F)nc2ccccc21. The van der Waals surface area contributed by atoms with Gasteiger partial charge in [0.2, 0.25) is 5.82 Å². The largest absolute Gasteiger partial charge is 0.462 e. The number of esters is 1. The summed E-state index contributed by atoms with van der Waals surface area (Å²) in [6, 6.07) is 7.44. The van der Waals surface area contributed by atoms with E-state index >= 15 is 0 Å². The van der Waals surface area contributed by atoms with Crippen LogP contribution in [0.4, 0.5) is 13.2 Å². The first kappa shape index (κ1) is 19.8. The highest BCUT2D eigenvalue weighted by Gasteiger charge is 2.37. The van der Waals surface area contributed by atoms with Crippen LogP contribution in [0.5, 0.6) is 0 Å². The van der Waals surface area contributed by atoms with E-state index in [1.165, 1.54) is 24.3 Å². The third-order valence-electron chi connectivity index (χ3n) is 3.25. The van der Waals surface area contributed by atoms with Gasteiger partial charge in [-0.05, 0) is 19.1 Å². The Balaban J connectivity index is 2.14. The second kappa shape index (κ2) is 8.22. The van der Waals surface area contributed by atoms with E-state index in [0.29, 0.717) is 0 Å². The molecule has 0 atom stereocenters. The lowest BCUT2D eigenvalue weighted by molar-refractivity contribution is -0.147. The molecule has 2 N–H and O–H groups in total. The molecule has 1 heterocycles. The molecule has 11 heteroatoms. The van der Waals surface area contributed by atoms with Crippen LogP contribution >= 0.6 is 0 Å². The van der Waals surface area contributed by atoms with E-state index in [2.05, 4.69) is 20.6 Å². The van der Waals surface area contributed by atoms with Gasteiger partial charge < -0.3 is 14.7 Å². The molecule has 2 aromatic rings. The number of hydrogen-bond acceptors (Lipinski definition) is 6. The maximum atomic E-state index is 13.2. The maximum Gasteiger partial charge on any atom is 0.449 e. The van der Waals surface area contributed by atoms with Crippen molar-refractivity contribution in [3.8, 4) is 6.07 Å². The number of hydrazine groups is 1. The molecule has 0 saturated heterocycles. The van der Waals surface area contributed by atoms with Crippen molar-refractivity contribution < 1.29 is 27.5 Å². The molecule has 1 aromatic heterocycles. The first-order chi connectivity index (χ1) is 12.8. The van der Waals surface area contributed by atoms with Crippen molar-refractivity contribution >= 4 is 22.9 Å². The van der Waals surface area contributed by atoms with Crippen molar-refractivity contribution in [2.45, 2.75) is 19.6 Å². The number of nitrogens with one attached hydrogen (secondary N) is 2. The molecule has 0 fully saturated rings. The molecule has 0 radical (unpaired) electrons. The van der Waals surface area contributed by atoms with Crippen molar-refractivity contribution in [2.75, 3.05) is 6.61 Å². The number of para-hydroxylation sites is 2. The van der Waals surface area contributed by atoms with Crippen LogP contribution in [0, 0.1) is 11.3 Å². The fourth-order valence-corrected chi connectivity index (χ4v) is 2.17. The second-order valence-corrected chi connectivity index (χ2v) is 5.09. The topological polar surface area (TPSA) is 109 Å². The van der Waals surface area contributed by atoms with E-state index in [1.807, 2.05) is 0 Å². The molecule has 142 valence electrons. The van der Waals surface area contributed by atoms with Gasteiger partial charge in [0.25, 0.3) is 5.91 Å². The number of nitrogens with zero attached hydrogens (tertiary/aromatic N) is 3. The number of rotatable bonds is 6. The molecule has 27 heavy (non-hydrogen) atoms. The van der Waals surface area contributed by atoms with E-state index in [0.717, 1.165) is 10.8 Å². The molecule has 0 aliphatic rings. The highest BCUT2D eigenvalue weighted by Crippen LogP contribution is 2.31. The van der Waals surface area contributed by atoms with Crippen LogP contribution < -0.4 is 10.9 Å². The number of carbonyl (C=O) groups excluding carboxylic acids is 2. The van der Waals surface area contributed by atoms with Crippen LogP contribution in [-0.4, -0.2) is 28.0 Å². The number of benzene rings is 1. The van der Waals surface area contributed by atoms with Crippen LogP contribution in [0.3, 0.4) is 0 Å². The number of ether oxygens (including phenoxy) is 1. The molecule has 0 unspecified atom stereocenters. The molecule has 0 aliphatic carbocycles. The molecule has 1 aromatic carbocycles. The van der Waals surface area contributed by atoms with Gasteiger partial charge in [0, 0.05) is 6.20 Å². The predicted molar refractivity (Wildman–Crippen MR) is 86.3 cm³/mol. The molecule has 0 spiro atoms. The Morgan fingerprint density at radius 2 is 2.07 bits per heavy atom. The molecule has 0 bridgehead atoms. The Kier molecular flexibility index (Phi) is 6.02. The molecular weight excluding hydrogens is 367 g/mol. The Hall–Kier alpha value is -3.55. The zero-order valence-corrected chi connectivity index (χ0v) is 14.0. The van der Waals surface area contributed by atoms with E-state index in [-0.39, 0.29) is 17.6 Å². The summed E-state index contributed by atoms with van der Waals surface area (Å²) in [5, 5.41) is 8.83. The van der Waals surface area contributed by atoms with Gasteiger partial charge in [-0.1, -0.05) is 12.1 Å². The van der Waals surface area contributed by atoms with Crippen LogP contribution in [0.2, 0.25) is 0 Å². The molecular formula is C16H14F3N5O3. The minimum atomic E-state index is -4.75. The molecule has 2 rings (SSSR count). The van der Waals surface area contributed by atoms with Gasteiger partial charge >= 0.3 is 12.1 Å². The van der Waals surface area contributed by atoms with Gasteiger partial charge in [0.05, 0.1) is 17.6 Å². The van der Waals surface area contributed by atoms with Crippen molar-refractivity contribution in [3.05, 3.63) is 41.9 Å². The fraction of sp³-hybridized carbons (Fsp3) is 0.250. The number of imidazole rings is 1. The number of aromatic nitrogens is 2. The molecule has 1 amide bonds. The zero-order chi connectivity index (χ0) is 20.0. The van der Waals surface area contributed by atoms with Gasteiger partial charge in [0.15, 0.2) is 5.57 Å². The maximum absolute atomic E-state index is 13.2. The van der Waals surface area contributed by atoms with Gasteiger partial charge in [-0.25, -0.2) is 9.78 Å². The normalized spacial score (nSPS) is 11.7.